The van der Waals surface area contributed by atoms with E-state index in [0.717, 1.165) is 63.5 Å². The minimum absolute atomic E-state index is 0.459. The maximum atomic E-state index is 5.32. The topological polar surface area (TPSA) is 66.7 Å². The molecule has 158 valence electrons. The minimum Gasteiger partial charge on any atom is -0.497 e. The molecule has 1 aliphatic heterocycles. The van der Waals surface area contributed by atoms with Gasteiger partial charge in [0.2, 0.25) is 5.82 Å². The maximum Gasteiger partial charge on any atom is 0.321 e. The lowest BCUT2D eigenvalue weighted by atomic mass is 10.2. The third-order valence-electron chi connectivity index (χ3n) is 5.40. The van der Waals surface area contributed by atoms with E-state index in [0.29, 0.717) is 11.8 Å². The van der Waals surface area contributed by atoms with E-state index in [-0.39, 0.29) is 0 Å². The van der Waals surface area contributed by atoms with E-state index in [2.05, 4.69) is 55.6 Å². The van der Waals surface area contributed by atoms with Gasteiger partial charge in [0.25, 0.3) is 0 Å². The van der Waals surface area contributed by atoms with Gasteiger partial charge < -0.3 is 19.5 Å². The van der Waals surface area contributed by atoms with Gasteiger partial charge in [-0.1, -0.05) is 47.6 Å². The Balaban J connectivity index is 1.15. The lowest BCUT2D eigenvalue weighted by Gasteiger charge is -2.34. The number of nitrogens with one attached hydrogen (secondary N) is 1. The quantitative estimate of drug-likeness (QED) is 0.546. The van der Waals surface area contributed by atoms with Gasteiger partial charge in [-0.3, -0.25) is 4.90 Å². The molecule has 1 N–H and O–H groups in total. The monoisotopic (exact) mass is 407 g/mol. The van der Waals surface area contributed by atoms with Gasteiger partial charge >= 0.3 is 6.01 Å². The van der Waals surface area contributed by atoms with Crippen molar-refractivity contribution in [1.82, 2.24) is 19.9 Å². The van der Waals surface area contributed by atoms with Gasteiger partial charge in [0.15, 0.2) is 0 Å². The molecule has 3 aromatic rings. The smallest absolute Gasteiger partial charge is 0.321 e. The van der Waals surface area contributed by atoms with Gasteiger partial charge in [0.05, 0.1) is 7.11 Å². The van der Waals surface area contributed by atoms with E-state index in [9.17, 15) is 0 Å². The molecule has 2 heterocycles. The van der Waals surface area contributed by atoms with E-state index in [4.69, 9.17) is 9.26 Å². The Bertz CT molecular complexity index is 907. The molecule has 7 heteroatoms. The number of aromatic nitrogens is 2. The number of nitrogens with zero attached hydrogens (tertiary/aromatic N) is 4. The summed E-state index contributed by atoms with van der Waals surface area (Å²) in [6.07, 6.45) is 1.04. The van der Waals surface area contributed by atoms with Crippen LogP contribution < -0.4 is 10.1 Å². The Morgan fingerprint density at radius 1 is 1.00 bits per heavy atom. The largest absolute Gasteiger partial charge is 0.497 e. The Morgan fingerprint density at radius 3 is 2.60 bits per heavy atom. The van der Waals surface area contributed by atoms with E-state index >= 15 is 0 Å². The number of benzene rings is 2. The average molecular weight is 408 g/mol. The predicted molar refractivity (Wildman–Crippen MR) is 118 cm³/mol. The standard InChI is InChI=1S/C23H29N5O2/c1-29-21-10-5-9-20(17-21)22-25-23(30-26-22)24-11-6-12-27-13-15-28(16-14-27)18-19-7-3-2-4-8-19/h2-5,7-10,17H,6,11-16,18H2,1H3,(H,24,25,26). The van der Waals surface area contributed by atoms with Gasteiger partial charge in [-0.15, -0.1) is 0 Å². The fraction of sp³-hybridized carbons (Fsp3) is 0.391. The van der Waals surface area contributed by atoms with Crippen molar-refractivity contribution in [3.05, 3.63) is 60.2 Å². The number of hydrogen-bond donors (Lipinski definition) is 1. The summed E-state index contributed by atoms with van der Waals surface area (Å²) in [5.41, 5.74) is 2.27. The second-order valence-electron chi connectivity index (χ2n) is 7.54. The van der Waals surface area contributed by atoms with Gasteiger partial charge in [-0.25, -0.2) is 0 Å². The fourth-order valence-corrected chi connectivity index (χ4v) is 3.69. The van der Waals surface area contributed by atoms with Crippen molar-refractivity contribution in [2.75, 3.05) is 51.7 Å². The highest BCUT2D eigenvalue weighted by Gasteiger charge is 2.16. The van der Waals surface area contributed by atoms with Crippen molar-refractivity contribution in [3.8, 4) is 17.1 Å². The van der Waals surface area contributed by atoms with Gasteiger partial charge in [0.1, 0.15) is 5.75 Å². The van der Waals surface area contributed by atoms with Crippen molar-refractivity contribution in [2.24, 2.45) is 0 Å². The van der Waals surface area contributed by atoms with Crippen molar-refractivity contribution in [1.29, 1.82) is 0 Å². The zero-order valence-electron chi connectivity index (χ0n) is 17.5. The molecule has 0 spiro atoms. The first-order valence-corrected chi connectivity index (χ1v) is 10.5. The summed E-state index contributed by atoms with van der Waals surface area (Å²) < 4.78 is 10.6. The molecule has 30 heavy (non-hydrogen) atoms. The summed E-state index contributed by atoms with van der Waals surface area (Å²) in [5, 5.41) is 7.29. The maximum absolute atomic E-state index is 5.32. The fourth-order valence-electron chi connectivity index (χ4n) is 3.69. The molecule has 0 atom stereocenters. The van der Waals surface area contributed by atoms with Crippen LogP contribution in [-0.2, 0) is 6.54 Å². The molecule has 1 saturated heterocycles. The van der Waals surface area contributed by atoms with Crippen LogP contribution in [0, 0.1) is 0 Å². The lowest BCUT2D eigenvalue weighted by Crippen LogP contribution is -2.46. The summed E-state index contributed by atoms with van der Waals surface area (Å²) in [7, 11) is 1.64. The Kier molecular flexibility index (Phi) is 6.95. The third-order valence-corrected chi connectivity index (χ3v) is 5.40. The van der Waals surface area contributed by atoms with E-state index in [1.807, 2.05) is 24.3 Å². The molecular weight excluding hydrogens is 378 g/mol. The van der Waals surface area contributed by atoms with Crippen LogP contribution in [0.5, 0.6) is 5.75 Å². The number of hydrogen-bond acceptors (Lipinski definition) is 7. The number of methoxy groups -OCH3 is 1. The molecule has 4 rings (SSSR count). The summed E-state index contributed by atoms with van der Waals surface area (Å²) in [5.74, 6) is 1.33. The first kappa shape index (κ1) is 20.4. The summed E-state index contributed by atoms with van der Waals surface area (Å²) >= 11 is 0. The van der Waals surface area contributed by atoms with Crippen molar-refractivity contribution < 1.29 is 9.26 Å². The van der Waals surface area contributed by atoms with E-state index in [1.165, 1.54) is 5.56 Å². The molecule has 1 aromatic heterocycles. The average Bonchev–Trinajstić information content (AvgIpc) is 3.28. The molecule has 7 nitrogen and oxygen atoms in total. The highest BCUT2D eigenvalue weighted by molar-refractivity contribution is 5.57. The first-order chi connectivity index (χ1) is 14.8. The van der Waals surface area contributed by atoms with Crippen molar-refractivity contribution in [3.63, 3.8) is 0 Å². The lowest BCUT2D eigenvalue weighted by molar-refractivity contribution is 0.127. The van der Waals surface area contributed by atoms with Gasteiger partial charge in [-0.05, 0) is 30.7 Å². The van der Waals surface area contributed by atoms with Crippen LogP contribution in [0.3, 0.4) is 0 Å². The van der Waals surface area contributed by atoms with Gasteiger partial charge in [-0.2, -0.15) is 4.98 Å². The molecule has 0 saturated carbocycles. The van der Waals surface area contributed by atoms with Crippen LogP contribution in [0.1, 0.15) is 12.0 Å². The second kappa shape index (κ2) is 10.2. The Morgan fingerprint density at radius 2 is 1.80 bits per heavy atom. The molecule has 0 unspecified atom stereocenters. The number of piperazine rings is 1. The van der Waals surface area contributed by atoms with Crippen LogP contribution in [0.15, 0.2) is 59.1 Å². The summed E-state index contributed by atoms with van der Waals surface area (Å²) in [6.45, 7) is 7.41. The van der Waals surface area contributed by atoms with Crippen LogP contribution in [-0.4, -0.2) is 66.3 Å². The van der Waals surface area contributed by atoms with E-state index in [1.54, 1.807) is 7.11 Å². The van der Waals surface area contributed by atoms with Crippen LogP contribution in [0.4, 0.5) is 6.01 Å². The van der Waals surface area contributed by atoms with Crippen molar-refractivity contribution >= 4 is 6.01 Å². The molecular formula is C23H29N5O2. The van der Waals surface area contributed by atoms with Crippen LogP contribution in [0.2, 0.25) is 0 Å². The Labute approximate surface area is 177 Å². The molecule has 0 bridgehead atoms. The summed E-state index contributed by atoms with van der Waals surface area (Å²) in [4.78, 5) is 9.48. The number of rotatable bonds is 9. The highest BCUT2D eigenvalue weighted by Crippen LogP contribution is 2.22. The van der Waals surface area contributed by atoms with Crippen molar-refractivity contribution in [2.45, 2.75) is 13.0 Å². The Hall–Kier alpha value is -2.90. The highest BCUT2D eigenvalue weighted by atomic mass is 16.5. The minimum atomic E-state index is 0.459. The van der Waals surface area contributed by atoms with E-state index < -0.39 is 0 Å². The van der Waals surface area contributed by atoms with Crippen LogP contribution in [0.25, 0.3) is 11.4 Å². The zero-order chi connectivity index (χ0) is 20.6. The predicted octanol–water partition coefficient (Wildman–Crippen LogP) is 3.37. The molecule has 2 aromatic carbocycles. The molecule has 0 aliphatic carbocycles. The third kappa shape index (κ3) is 5.58. The second-order valence-corrected chi connectivity index (χ2v) is 7.54. The van der Waals surface area contributed by atoms with Gasteiger partial charge in [0, 0.05) is 44.8 Å². The number of anilines is 1. The molecule has 1 aliphatic rings. The normalized spacial score (nSPS) is 15.2. The molecule has 0 radical (unpaired) electrons. The molecule has 0 amide bonds. The zero-order valence-corrected chi connectivity index (χ0v) is 17.5. The SMILES string of the molecule is COc1cccc(-c2noc(NCCCN3CCN(Cc4ccccc4)CC3)n2)c1. The van der Waals surface area contributed by atoms with Crippen LogP contribution >= 0.6 is 0 Å². The number of ether oxygens (including phenoxy) is 1. The first-order valence-electron chi connectivity index (χ1n) is 10.5. The summed E-state index contributed by atoms with van der Waals surface area (Å²) in [6, 6.07) is 18.8. The molecule has 1 fully saturated rings.